The molecule has 0 fully saturated rings. The van der Waals surface area contributed by atoms with E-state index in [1.807, 2.05) is 6.92 Å². The van der Waals surface area contributed by atoms with E-state index in [1.165, 1.54) is 6.08 Å². The first-order valence-electron chi connectivity index (χ1n) is 7.34. The van der Waals surface area contributed by atoms with Gasteiger partial charge in [-0.25, -0.2) is 9.36 Å². The van der Waals surface area contributed by atoms with Crippen LogP contribution in [0.5, 0.6) is 11.6 Å². The monoisotopic (exact) mass is 325 g/mol. The smallest absolute Gasteiger partial charge is 0.335 e. The number of rotatable bonds is 4. The maximum absolute atomic E-state index is 12.1. The fraction of sp³-hybridized carbons (Fsp3) is 0.118. The van der Waals surface area contributed by atoms with Crippen LogP contribution in [0.15, 0.2) is 56.7 Å². The van der Waals surface area contributed by atoms with Crippen LogP contribution < -0.4 is 16.0 Å². The molecule has 0 saturated carbocycles. The van der Waals surface area contributed by atoms with Gasteiger partial charge in [0.05, 0.1) is 18.0 Å². The van der Waals surface area contributed by atoms with E-state index < -0.39 is 17.1 Å². The Morgan fingerprint density at radius 3 is 2.67 bits per heavy atom. The number of benzene rings is 1. The number of H-pyrrole nitrogens is 1. The van der Waals surface area contributed by atoms with Crippen LogP contribution in [0.1, 0.15) is 12.5 Å². The van der Waals surface area contributed by atoms with Crippen molar-refractivity contribution in [2.75, 3.05) is 6.61 Å². The van der Waals surface area contributed by atoms with Crippen LogP contribution in [0.2, 0.25) is 0 Å². The summed E-state index contributed by atoms with van der Waals surface area (Å²) in [5, 5.41) is 10.4. The van der Waals surface area contributed by atoms with Gasteiger partial charge in [0.2, 0.25) is 5.88 Å². The predicted molar refractivity (Wildman–Crippen MR) is 91.1 cm³/mol. The van der Waals surface area contributed by atoms with Gasteiger partial charge in [-0.3, -0.25) is 14.8 Å². The SMILES string of the molecule is CCOc1ccc(-n2c(O)c(/C=C3/C=CC=N3)c(=O)[nH]c2=O)cc1. The molecule has 0 aliphatic carbocycles. The normalized spacial score (nSPS) is 14.5. The van der Waals surface area contributed by atoms with Crippen molar-refractivity contribution in [3.05, 3.63) is 68.5 Å². The lowest BCUT2D eigenvalue weighted by molar-refractivity contribution is 0.340. The second-order valence-corrected chi connectivity index (χ2v) is 4.97. The lowest BCUT2D eigenvalue weighted by Gasteiger charge is -2.11. The molecule has 7 nitrogen and oxygen atoms in total. The fourth-order valence-electron chi connectivity index (χ4n) is 2.31. The zero-order valence-corrected chi connectivity index (χ0v) is 12.9. The molecule has 24 heavy (non-hydrogen) atoms. The Hall–Kier alpha value is -3.35. The molecule has 1 aromatic carbocycles. The summed E-state index contributed by atoms with van der Waals surface area (Å²) in [4.78, 5) is 30.3. The number of ether oxygens (including phenoxy) is 1. The zero-order chi connectivity index (χ0) is 17.1. The van der Waals surface area contributed by atoms with Gasteiger partial charge in [0.15, 0.2) is 0 Å². The summed E-state index contributed by atoms with van der Waals surface area (Å²) in [5.74, 6) is 0.196. The first-order chi connectivity index (χ1) is 11.6. The van der Waals surface area contributed by atoms with Crippen LogP contribution in [-0.2, 0) is 0 Å². The molecule has 7 heteroatoms. The molecule has 0 bridgehead atoms. The molecule has 0 amide bonds. The Labute approximate surface area is 136 Å². The molecule has 3 rings (SSSR count). The maximum Gasteiger partial charge on any atom is 0.335 e. The molecule has 1 aliphatic rings. The first kappa shape index (κ1) is 15.5. The summed E-state index contributed by atoms with van der Waals surface area (Å²) in [7, 11) is 0. The van der Waals surface area contributed by atoms with E-state index in [1.54, 1.807) is 42.6 Å². The van der Waals surface area contributed by atoms with Crippen LogP contribution in [0.4, 0.5) is 0 Å². The van der Waals surface area contributed by atoms with Gasteiger partial charge in [-0.1, -0.05) is 0 Å². The quantitative estimate of drug-likeness (QED) is 0.892. The zero-order valence-electron chi connectivity index (χ0n) is 12.9. The van der Waals surface area contributed by atoms with Crippen LogP contribution >= 0.6 is 0 Å². The number of nitrogens with zero attached hydrogens (tertiary/aromatic N) is 2. The summed E-state index contributed by atoms with van der Waals surface area (Å²) < 4.78 is 6.37. The Morgan fingerprint density at radius 2 is 2.04 bits per heavy atom. The minimum absolute atomic E-state index is 0.0396. The standard InChI is InChI=1S/C17H15N3O4/c1-2-24-13-7-5-12(6-8-13)20-16(22)14(15(21)19-17(20)23)10-11-4-3-9-18-11/h3-10,22H,2H2,1H3,(H,19,21,23)/b11-10-. The molecule has 2 heterocycles. The van der Waals surface area contributed by atoms with Gasteiger partial charge in [0.1, 0.15) is 11.3 Å². The molecule has 1 aromatic heterocycles. The molecule has 2 aromatic rings. The first-order valence-corrected chi connectivity index (χ1v) is 7.34. The van der Waals surface area contributed by atoms with Crippen molar-refractivity contribution in [1.29, 1.82) is 0 Å². The van der Waals surface area contributed by atoms with E-state index >= 15 is 0 Å². The fourth-order valence-corrected chi connectivity index (χ4v) is 2.31. The Kier molecular flexibility index (Phi) is 4.15. The van der Waals surface area contributed by atoms with Gasteiger partial charge in [-0.2, -0.15) is 0 Å². The predicted octanol–water partition coefficient (Wildman–Crippen LogP) is 1.61. The molecule has 0 spiro atoms. The topological polar surface area (TPSA) is 96.7 Å². The second-order valence-electron chi connectivity index (χ2n) is 4.97. The summed E-state index contributed by atoms with van der Waals surface area (Å²) in [6.45, 7) is 2.39. The van der Waals surface area contributed by atoms with Crippen molar-refractivity contribution >= 4 is 12.3 Å². The third kappa shape index (κ3) is 2.91. The van der Waals surface area contributed by atoms with Crippen molar-refractivity contribution in [2.24, 2.45) is 4.99 Å². The van der Waals surface area contributed by atoms with Crippen molar-refractivity contribution < 1.29 is 9.84 Å². The van der Waals surface area contributed by atoms with Crippen molar-refractivity contribution in [2.45, 2.75) is 6.92 Å². The third-order valence-electron chi connectivity index (χ3n) is 3.40. The highest BCUT2D eigenvalue weighted by Gasteiger charge is 2.14. The lowest BCUT2D eigenvalue weighted by atomic mass is 10.2. The number of aliphatic imine (C=N–C) groups is 1. The number of aromatic hydroxyl groups is 1. The molecule has 0 unspecified atom stereocenters. The number of hydrogen-bond acceptors (Lipinski definition) is 5. The van der Waals surface area contributed by atoms with E-state index in [0.717, 1.165) is 4.57 Å². The van der Waals surface area contributed by atoms with Crippen molar-refractivity contribution in [3.63, 3.8) is 0 Å². The number of nitrogens with one attached hydrogen (secondary N) is 1. The van der Waals surface area contributed by atoms with Crippen LogP contribution in [0.3, 0.4) is 0 Å². The molecule has 0 atom stereocenters. The molecule has 1 aliphatic heterocycles. The highest BCUT2D eigenvalue weighted by molar-refractivity contribution is 5.79. The lowest BCUT2D eigenvalue weighted by Crippen LogP contribution is -2.30. The average molecular weight is 325 g/mol. The minimum atomic E-state index is -0.728. The average Bonchev–Trinajstić information content (AvgIpc) is 3.06. The van der Waals surface area contributed by atoms with Gasteiger partial charge in [-0.05, 0) is 49.4 Å². The molecular formula is C17H15N3O4. The molecule has 122 valence electrons. The molecule has 2 N–H and O–H groups in total. The van der Waals surface area contributed by atoms with E-state index in [2.05, 4.69) is 9.98 Å². The highest BCUT2D eigenvalue weighted by Crippen LogP contribution is 2.21. The number of aromatic nitrogens is 2. The number of aromatic amines is 1. The summed E-state index contributed by atoms with van der Waals surface area (Å²) >= 11 is 0. The van der Waals surface area contributed by atoms with E-state index in [9.17, 15) is 14.7 Å². The van der Waals surface area contributed by atoms with Crippen LogP contribution in [0.25, 0.3) is 11.8 Å². The highest BCUT2D eigenvalue weighted by atomic mass is 16.5. The summed E-state index contributed by atoms with van der Waals surface area (Å²) in [6, 6.07) is 6.60. The molecular weight excluding hydrogens is 310 g/mol. The third-order valence-corrected chi connectivity index (χ3v) is 3.40. The Morgan fingerprint density at radius 1 is 1.29 bits per heavy atom. The molecule has 0 radical (unpaired) electrons. The largest absolute Gasteiger partial charge is 0.494 e. The second kappa shape index (κ2) is 6.41. The Bertz CT molecular complexity index is 949. The van der Waals surface area contributed by atoms with E-state index in [4.69, 9.17) is 4.74 Å². The van der Waals surface area contributed by atoms with Crippen LogP contribution in [-0.4, -0.2) is 27.5 Å². The number of allylic oxidation sites excluding steroid dienone is 2. The van der Waals surface area contributed by atoms with Gasteiger partial charge in [0, 0.05) is 6.21 Å². The maximum atomic E-state index is 12.1. The van der Waals surface area contributed by atoms with Gasteiger partial charge < -0.3 is 9.84 Å². The summed E-state index contributed by atoms with van der Waals surface area (Å²) in [5.41, 5.74) is -0.533. The molecule has 0 saturated heterocycles. The van der Waals surface area contributed by atoms with E-state index in [0.29, 0.717) is 23.7 Å². The van der Waals surface area contributed by atoms with Crippen molar-refractivity contribution in [1.82, 2.24) is 9.55 Å². The van der Waals surface area contributed by atoms with Crippen molar-refractivity contribution in [3.8, 4) is 17.3 Å². The van der Waals surface area contributed by atoms with E-state index in [-0.39, 0.29) is 5.56 Å². The van der Waals surface area contributed by atoms with Gasteiger partial charge in [0.25, 0.3) is 5.56 Å². The minimum Gasteiger partial charge on any atom is -0.494 e. The summed E-state index contributed by atoms with van der Waals surface area (Å²) in [6.07, 6.45) is 6.38. The Balaban J connectivity index is 2.13. The number of hydrogen-bond donors (Lipinski definition) is 2. The van der Waals surface area contributed by atoms with Gasteiger partial charge in [-0.15, -0.1) is 0 Å². The van der Waals surface area contributed by atoms with Crippen LogP contribution in [0, 0.1) is 0 Å². The van der Waals surface area contributed by atoms with Gasteiger partial charge >= 0.3 is 5.69 Å².